The average Bonchev–Trinajstić information content (AvgIpc) is 3.01. The Morgan fingerprint density at radius 3 is 2.48 bits per heavy atom. The molecule has 1 heterocycles. The third-order valence-electron chi connectivity index (χ3n) is 4.20. The van der Waals surface area contributed by atoms with Crippen LogP contribution in [0.15, 0.2) is 47.6 Å². The highest BCUT2D eigenvalue weighted by atomic mass is 32.2. The zero-order valence-corrected chi connectivity index (χ0v) is 17.6. The van der Waals surface area contributed by atoms with Crippen LogP contribution < -0.4 is 10.1 Å². The number of carbonyl (C=O) groups excluding carboxylic acids is 1. The molecule has 0 fully saturated rings. The predicted molar refractivity (Wildman–Crippen MR) is 112 cm³/mol. The lowest BCUT2D eigenvalue weighted by molar-refractivity contribution is -0.113. The second kappa shape index (κ2) is 9.09. The number of hydrogen-bond acceptors (Lipinski definition) is 5. The van der Waals surface area contributed by atoms with Gasteiger partial charge in [0, 0.05) is 12.7 Å². The summed E-state index contributed by atoms with van der Waals surface area (Å²) < 4.78 is 20.6. The van der Waals surface area contributed by atoms with E-state index in [0.29, 0.717) is 16.7 Å². The Bertz CT molecular complexity index is 984. The first kappa shape index (κ1) is 20.9. The maximum Gasteiger partial charge on any atom is 0.234 e. The molecule has 1 N–H and O–H groups in total. The zero-order valence-electron chi connectivity index (χ0n) is 16.8. The number of ether oxygens (including phenoxy) is 1. The van der Waals surface area contributed by atoms with E-state index in [0.717, 1.165) is 16.8 Å². The second-order valence-corrected chi connectivity index (χ2v) is 7.77. The lowest BCUT2D eigenvalue weighted by atomic mass is 10.1. The number of thioether (sulfide) groups is 1. The van der Waals surface area contributed by atoms with Crippen LogP contribution in [-0.2, 0) is 11.8 Å². The summed E-state index contributed by atoms with van der Waals surface area (Å²) in [6, 6.07) is 11.7. The van der Waals surface area contributed by atoms with Crippen LogP contribution in [0.25, 0.3) is 0 Å². The highest BCUT2D eigenvalue weighted by Crippen LogP contribution is 2.24. The minimum absolute atomic E-state index is 0.111. The van der Waals surface area contributed by atoms with E-state index in [4.69, 9.17) is 4.74 Å². The van der Waals surface area contributed by atoms with E-state index in [1.165, 1.54) is 23.9 Å². The van der Waals surface area contributed by atoms with Gasteiger partial charge in [0.2, 0.25) is 5.91 Å². The molecule has 1 atom stereocenters. The van der Waals surface area contributed by atoms with Gasteiger partial charge < -0.3 is 14.6 Å². The molecule has 0 radical (unpaired) electrons. The van der Waals surface area contributed by atoms with Crippen LogP contribution in [0.4, 0.5) is 10.1 Å². The van der Waals surface area contributed by atoms with E-state index in [2.05, 4.69) is 21.6 Å². The summed E-state index contributed by atoms with van der Waals surface area (Å²) in [6.45, 7) is 5.83. The molecule has 0 aliphatic heterocycles. The largest absolute Gasteiger partial charge is 0.483 e. The van der Waals surface area contributed by atoms with E-state index in [9.17, 15) is 9.18 Å². The fourth-order valence-electron chi connectivity index (χ4n) is 2.95. The van der Waals surface area contributed by atoms with Crippen molar-refractivity contribution in [2.75, 3.05) is 11.1 Å². The molecule has 0 spiro atoms. The van der Waals surface area contributed by atoms with E-state index in [1.807, 2.05) is 40.0 Å². The molecule has 6 nitrogen and oxygen atoms in total. The van der Waals surface area contributed by atoms with Crippen molar-refractivity contribution in [1.29, 1.82) is 0 Å². The number of carbonyl (C=O) groups is 1. The molecular formula is C21H23FN4O2S. The number of hydrogen-bond donors (Lipinski definition) is 1. The first-order chi connectivity index (χ1) is 13.8. The Hall–Kier alpha value is -2.87. The highest BCUT2D eigenvalue weighted by Gasteiger charge is 2.18. The van der Waals surface area contributed by atoms with Crippen LogP contribution >= 0.6 is 11.8 Å². The van der Waals surface area contributed by atoms with Gasteiger partial charge in [0.1, 0.15) is 11.6 Å². The van der Waals surface area contributed by atoms with E-state index in [-0.39, 0.29) is 23.6 Å². The summed E-state index contributed by atoms with van der Waals surface area (Å²) in [5.74, 6) is 0.948. The van der Waals surface area contributed by atoms with Gasteiger partial charge in [-0.05, 0) is 68.3 Å². The minimum atomic E-state index is -0.378. The summed E-state index contributed by atoms with van der Waals surface area (Å²) >= 11 is 1.30. The van der Waals surface area contributed by atoms with Gasteiger partial charge in [-0.3, -0.25) is 4.79 Å². The smallest absolute Gasteiger partial charge is 0.234 e. The molecule has 0 bridgehead atoms. The van der Waals surface area contributed by atoms with Gasteiger partial charge >= 0.3 is 0 Å². The topological polar surface area (TPSA) is 69.0 Å². The molecule has 3 aromatic rings. The van der Waals surface area contributed by atoms with Crippen LogP contribution in [0.3, 0.4) is 0 Å². The molecule has 29 heavy (non-hydrogen) atoms. The van der Waals surface area contributed by atoms with Crippen molar-refractivity contribution in [3.05, 3.63) is 65.2 Å². The van der Waals surface area contributed by atoms with Gasteiger partial charge in [-0.2, -0.15) is 0 Å². The van der Waals surface area contributed by atoms with E-state index in [1.54, 1.807) is 16.7 Å². The fraction of sp³-hybridized carbons (Fsp3) is 0.286. The first-order valence-electron chi connectivity index (χ1n) is 9.14. The molecular weight excluding hydrogens is 391 g/mol. The Labute approximate surface area is 173 Å². The maximum absolute atomic E-state index is 13.0. The fourth-order valence-corrected chi connectivity index (χ4v) is 3.67. The lowest BCUT2D eigenvalue weighted by Crippen LogP contribution is -2.15. The maximum atomic E-state index is 13.0. The SMILES string of the molecule is Cc1cc(C)cc(NC(=O)CSc2nnc(C(C)Oc3ccc(F)cc3)n2C)c1. The number of benzene rings is 2. The molecule has 0 saturated carbocycles. The number of anilines is 1. The van der Waals surface area contributed by atoms with Crippen LogP contribution in [-0.4, -0.2) is 26.4 Å². The standard InChI is InChI=1S/C21H23FN4O2S/c1-13-9-14(2)11-17(10-13)23-19(27)12-29-21-25-24-20(26(21)4)15(3)28-18-7-5-16(22)6-8-18/h5-11,15H,12H2,1-4H3,(H,23,27). The monoisotopic (exact) mass is 414 g/mol. The summed E-state index contributed by atoms with van der Waals surface area (Å²) in [7, 11) is 1.82. The summed E-state index contributed by atoms with van der Waals surface area (Å²) in [5, 5.41) is 11.9. The number of halogens is 1. The summed E-state index contributed by atoms with van der Waals surface area (Å²) in [4.78, 5) is 12.3. The molecule has 0 saturated heterocycles. The Morgan fingerprint density at radius 2 is 1.83 bits per heavy atom. The van der Waals surface area contributed by atoms with Crippen molar-refractivity contribution in [1.82, 2.24) is 14.8 Å². The number of nitrogens with zero attached hydrogens (tertiary/aromatic N) is 3. The number of amides is 1. The van der Waals surface area contributed by atoms with Gasteiger partial charge in [0.25, 0.3) is 0 Å². The molecule has 1 aromatic heterocycles. The van der Waals surface area contributed by atoms with Crippen LogP contribution in [0.5, 0.6) is 5.75 Å². The van der Waals surface area contributed by atoms with Crippen LogP contribution in [0.1, 0.15) is 30.0 Å². The summed E-state index contributed by atoms with van der Waals surface area (Å²) in [6.07, 6.45) is -0.378. The molecule has 0 aliphatic carbocycles. The predicted octanol–water partition coefficient (Wildman–Crippen LogP) is 4.44. The number of nitrogens with one attached hydrogen (secondary N) is 1. The molecule has 2 aromatic carbocycles. The first-order valence-corrected chi connectivity index (χ1v) is 10.1. The van der Waals surface area contributed by atoms with Gasteiger partial charge in [0.05, 0.1) is 5.75 Å². The van der Waals surface area contributed by atoms with E-state index >= 15 is 0 Å². The molecule has 1 amide bonds. The Balaban J connectivity index is 1.58. The normalized spacial score (nSPS) is 11.9. The molecule has 8 heteroatoms. The Kier molecular flexibility index (Phi) is 6.53. The molecule has 152 valence electrons. The highest BCUT2D eigenvalue weighted by molar-refractivity contribution is 7.99. The lowest BCUT2D eigenvalue weighted by Gasteiger charge is -2.14. The van der Waals surface area contributed by atoms with E-state index < -0.39 is 0 Å². The third-order valence-corrected chi connectivity index (χ3v) is 5.22. The van der Waals surface area contributed by atoms with Crippen molar-refractivity contribution >= 4 is 23.4 Å². The second-order valence-electron chi connectivity index (χ2n) is 6.83. The van der Waals surface area contributed by atoms with Gasteiger partial charge in [-0.15, -0.1) is 10.2 Å². The van der Waals surface area contributed by atoms with Crippen LogP contribution in [0.2, 0.25) is 0 Å². The molecule has 1 unspecified atom stereocenters. The van der Waals surface area contributed by atoms with Gasteiger partial charge in [-0.25, -0.2) is 4.39 Å². The van der Waals surface area contributed by atoms with Gasteiger partial charge in [0.15, 0.2) is 17.1 Å². The van der Waals surface area contributed by atoms with Crippen molar-refractivity contribution in [3.8, 4) is 5.75 Å². The van der Waals surface area contributed by atoms with Crippen molar-refractivity contribution < 1.29 is 13.9 Å². The number of aromatic nitrogens is 3. The quantitative estimate of drug-likeness (QED) is 0.579. The van der Waals surface area contributed by atoms with Crippen molar-refractivity contribution in [3.63, 3.8) is 0 Å². The average molecular weight is 415 g/mol. The third kappa shape index (κ3) is 5.57. The zero-order chi connectivity index (χ0) is 21.0. The number of rotatable bonds is 7. The summed E-state index contributed by atoms with van der Waals surface area (Å²) in [5.41, 5.74) is 2.98. The minimum Gasteiger partial charge on any atom is -0.483 e. The van der Waals surface area contributed by atoms with Crippen molar-refractivity contribution in [2.24, 2.45) is 7.05 Å². The van der Waals surface area contributed by atoms with Crippen LogP contribution in [0, 0.1) is 19.7 Å². The van der Waals surface area contributed by atoms with Gasteiger partial charge in [-0.1, -0.05) is 17.8 Å². The Morgan fingerprint density at radius 1 is 1.17 bits per heavy atom. The molecule has 3 rings (SSSR count). The molecule has 0 aliphatic rings. The van der Waals surface area contributed by atoms with Crippen molar-refractivity contribution in [2.45, 2.75) is 32.0 Å². The number of aryl methyl sites for hydroxylation is 2.